The molecule has 0 aliphatic carbocycles. The SMILES string of the molecule is O=C1NC(=O)C(C=NCCN2CCN(C(=S)Nc3ccccc3)CC2)C(=O)N1. The lowest BCUT2D eigenvalue weighted by atomic mass is 10.1. The van der Waals surface area contributed by atoms with Crippen LogP contribution in [0.5, 0.6) is 0 Å². The van der Waals surface area contributed by atoms with Crippen molar-refractivity contribution in [2.45, 2.75) is 0 Å². The van der Waals surface area contributed by atoms with Crippen molar-refractivity contribution in [1.82, 2.24) is 20.4 Å². The number of piperazine rings is 1. The maximum atomic E-state index is 11.6. The Kier molecular flexibility index (Phi) is 6.66. The van der Waals surface area contributed by atoms with Gasteiger partial charge >= 0.3 is 6.03 Å². The van der Waals surface area contributed by atoms with Crippen LogP contribution in [0.2, 0.25) is 0 Å². The smallest absolute Gasteiger partial charge is 0.328 e. The van der Waals surface area contributed by atoms with Crippen molar-refractivity contribution in [2.24, 2.45) is 10.9 Å². The van der Waals surface area contributed by atoms with E-state index in [0.717, 1.165) is 38.4 Å². The van der Waals surface area contributed by atoms with Crippen molar-refractivity contribution in [3.05, 3.63) is 30.3 Å². The van der Waals surface area contributed by atoms with E-state index >= 15 is 0 Å². The lowest BCUT2D eigenvalue weighted by Gasteiger charge is -2.36. The van der Waals surface area contributed by atoms with Gasteiger partial charge in [0.15, 0.2) is 11.0 Å². The summed E-state index contributed by atoms with van der Waals surface area (Å²) in [7, 11) is 0. The number of carbonyl (C=O) groups is 3. The van der Waals surface area contributed by atoms with Crippen molar-refractivity contribution < 1.29 is 14.4 Å². The van der Waals surface area contributed by atoms with Gasteiger partial charge in [-0.1, -0.05) is 18.2 Å². The van der Waals surface area contributed by atoms with Crippen LogP contribution in [0.3, 0.4) is 0 Å². The largest absolute Gasteiger partial charge is 0.346 e. The lowest BCUT2D eigenvalue weighted by molar-refractivity contribution is -0.132. The Balaban J connectivity index is 1.37. The molecule has 10 heteroatoms. The summed E-state index contributed by atoms with van der Waals surface area (Å²) >= 11 is 5.48. The van der Waals surface area contributed by atoms with E-state index in [2.05, 4.69) is 20.1 Å². The molecule has 2 aliphatic rings. The molecule has 0 radical (unpaired) electrons. The highest BCUT2D eigenvalue weighted by atomic mass is 32.1. The van der Waals surface area contributed by atoms with E-state index in [0.29, 0.717) is 11.7 Å². The zero-order chi connectivity index (χ0) is 19.9. The highest BCUT2D eigenvalue weighted by Crippen LogP contribution is 2.09. The number of urea groups is 1. The second-order valence-corrected chi connectivity index (χ2v) is 6.85. The minimum Gasteiger partial charge on any atom is -0.346 e. The van der Waals surface area contributed by atoms with Gasteiger partial charge in [-0.05, 0) is 24.4 Å². The van der Waals surface area contributed by atoms with Crippen molar-refractivity contribution in [3.8, 4) is 0 Å². The molecule has 4 amide bonds. The van der Waals surface area contributed by atoms with E-state index in [1.807, 2.05) is 41.0 Å². The van der Waals surface area contributed by atoms with Gasteiger partial charge in [0.05, 0.1) is 6.54 Å². The van der Waals surface area contributed by atoms with Crippen LogP contribution in [-0.4, -0.2) is 78.2 Å². The molecule has 0 saturated carbocycles. The zero-order valence-electron chi connectivity index (χ0n) is 15.3. The number of anilines is 1. The van der Waals surface area contributed by atoms with E-state index in [-0.39, 0.29) is 0 Å². The summed E-state index contributed by atoms with van der Waals surface area (Å²) in [6, 6.07) is 9.04. The number of hydrogen-bond acceptors (Lipinski definition) is 6. The van der Waals surface area contributed by atoms with E-state index in [1.54, 1.807) is 0 Å². The number of nitrogens with zero attached hydrogens (tertiary/aromatic N) is 3. The lowest BCUT2D eigenvalue weighted by Crippen LogP contribution is -2.56. The Morgan fingerprint density at radius 1 is 1.11 bits per heavy atom. The van der Waals surface area contributed by atoms with Gasteiger partial charge in [0.1, 0.15) is 0 Å². The Hall–Kier alpha value is -2.85. The molecule has 3 rings (SSSR count). The van der Waals surface area contributed by atoms with Crippen LogP contribution >= 0.6 is 12.2 Å². The fourth-order valence-corrected chi connectivity index (χ4v) is 3.24. The summed E-state index contributed by atoms with van der Waals surface area (Å²) in [5.74, 6) is -2.35. The van der Waals surface area contributed by atoms with Crippen molar-refractivity contribution in [2.75, 3.05) is 44.6 Å². The average molecular weight is 402 g/mol. The van der Waals surface area contributed by atoms with Crippen LogP contribution in [0, 0.1) is 5.92 Å². The van der Waals surface area contributed by atoms with E-state index in [4.69, 9.17) is 12.2 Å². The summed E-state index contributed by atoms with van der Waals surface area (Å²) in [5, 5.41) is 8.05. The van der Waals surface area contributed by atoms with Crippen LogP contribution < -0.4 is 16.0 Å². The fraction of sp³-hybridized carbons (Fsp3) is 0.389. The van der Waals surface area contributed by atoms with Crippen LogP contribution in [-0.2, 0) is 9.59 Å². The quantitative estimate of drug-likeness (QED) is 0.363. The van der Waals surface area contributed by atoms with Crippen LogP contribution in [0.15, 0.2) is 35.3 Å². The predicted octanol–water partition coefficient (Wildman–Crippen LogP) is 0.0540. The van der Waals surface area contributed by atoms with Gasteiger partial charge in [-0.15, -0.1) is 0 Å². The molecule has 148 valence electrons. The third-order valence-corrected chi connectivity index (χ3v) is 4.88. The molecule has 0 bridgehead atoms. The van der Waals surface area contributed by atoms with Crippen molar-refractivity contribution >= 4 is 47.1 Å². The number of hydrogen-bond donors (Lipinski definition) is 3. The summed E-state index contributed by atoms with van der Waals surface area (Å²) in [6.45, 7) is 4.53. The molecule has 1 aromatic rings. The van der Waals surface area contributed by atoms with Gasteiger partial charge in [-0.2, -0.15) is 0 Å². The third kappa shape index (κ3) is 5.33. The Labute approximate surface area is 168 Å². The topological polar surface area (TPSA) is 106 Å². The van der Waals surface area contributed by atoms with Crippen LogP contribution in [0.4, 0.5) is 10.5 Å². The number of aliphatic imine (C=N–C) groups is 1. The van der Waals surface area contributed by atoms with Gasteiger partial charge in [-0.3, -0.25) is 30.1 Å². The number of para-hydroxylation sites is 1. The second-order valence-electron chi connectivity index (χ2n) is 6.47. The monoisotopic (exact) mass is 402 g/mol. The average Bonchev–Trinajstić information content (AvgIpc) is 2.68. The number of amides is 4. The number of imide groups is 2. The predicted molar refractivity (Wildman–Crippen MR) is 109 cm³/mol. The minimum absolute atomic E-state index is 0.470. The molecule has 0 atom stereocenters. The summed E-state index contributed by atoms with van der Waals surface area (Å²) < 4.78 is 0. The van der Waals surface area contributed by atoms with Gasteiger partial charge < -0.3 is 10.2 Å². The molecule has 3 N–H and O–H groups in total. The Morgan fingerprint density at radius 3 is 2.39 bits per heavy atom. The highest BCUT2D eigenvalue weighted by Gasteiger charge is 2.32. The van der Waals surface area contributed by atoms with Gasteiger partial charge in [0.2, 0.25) is 11.8 Å². The zero-order valence-corrected chi connectivity index (χ0v) is 16.1. The molecule has 9 nitrogen and oxygen atoms in total. The summed E-state index contributed by atoms with van der Waals surface area (Å²) in [4.78, 5) is 42.8. The highest BCUT2D eigenvalue weighted by molar-refractivity contribution is 7.80. The molecule has 1 aromatic carbocycles. The minimum atomic E-state index is -1.06. The first-order valence-corrected chi connectivity index (χ1v) is 9.43. The first kappa shape index (κ1) is 19.9. The first-order chi connectivity index (χ1) is 13.5. The van der Waals surface area contributed by atoms with E-state index in [1.165, 1.54) is 6.21 Å². The molecule has 0 spiro atoms. The molecule has 2 aliphatic heterocycles. The molecular formula is C18H22N6O3S. The van der Waals surface area contributed by atoms with E-state index in [9.17, 15) is 14.4 Å². The van der Waals surface area contributed by atoms with Crippen molar-refractivity contribution in [1.29, 1.82) is 0 Å². The Bertz CT molecular complexity index is 757. The third-order valence-electron chi connectivity index (χ3n) is 4.52. The van der Waals surface area contributed by atoms with Gasteiger partial charge in [-0.25, -0.2) is 4.79 Å². The van der Waals surface area contributed by atoms with Crippen molar-refractivity contribution in [3.63, 3.8) is 0 Å². The maximum absolute atomic E-state index is 11.6. The number of rotatable bonds is 5. The van der Waals surface area contributed by atoms with Crippen LogP contribution in [0.1, 0.15) is 0 Å². The number of nitrogens with one attached hydrogen (secondary N) is 3. The number of benzene rings is 1. The molecule has 2 fully saturated rings. The van der Waals surface area contributed by atoms with Gasteiger partial charge in [0.25, 0.3) is 0 Å². The Morgan fingerprint density at radius 2 is 1.75 bits per heavy atom. The summed E-state index contributed by atoms with van der Waals surface area (Å²) in [6.07, 6.45) is 1.30. The molecular weight excluding hydrogens is 380 g/mol. The molecule has 0 unspecified atom stereocenters. The number of thiocarbonyl (C=S) groups is 1. The fourth-order valence-electron chi connectivity index (χ4n) is 2.94. The van der Waals surface area contributed by atoms with Gasteiger partial charge in [0, 0.05) is 44.6 Å². The normalized spacial score (nSPS) is 18.9. The molecule has 0 aromatic heterocycles. The maximum Gasteiger partial charge on any atom is 0.328 e. The first-order valence-electron chi connectivity index (χ1n) is 9.02. The second kappa shape index (κ2) is 9.38. The summed E-state index contributed by atoms with van der Waals surface area (Å²) in [5.41, 5.74) is 0.974. The van der Waals surface area contributed by atoms with E-state index < -0.39 is 23.8 Å². The molecule has 2 heterocycles. The number of barbiturate groups is 1. The van der Waals surface area contributed by atoms with Crippen LogP contribution in [0.25, 0.3) is 0 Å². The standard InChI is InChI=1S/C18H22N6O3S/c25-15-14(16(26)22-17(27)21-15)12-19-6-7-23-8-10-24(11-9-23)18(28)20-13-4-2-1-3-5-13/h1-5,12,14H,6-11H2,(H,20,28)(H2,21,22,25,26,27). The molecule has 28 heavy (non-hydrogen) atoms. The molecule has 2 saturated heterocycles. The number of carbonyl (C=O) groups excluding carboxylic acids is 3.